The van der Waals surface area contributed by atoms with Crippen molar-refractivity contribution < 1.29 is 17.8 Å². The van der Waals surface area contributed by atoms with Crippen molar-refractivity contribution in [3.05, 3.63) is 12.2 Å². The minimum absolute atomic E-state index is 0.0529. The summed E-state index contributed by atoms with van der Waals surface area (Å²) in [5.74, 6) is -0.777. The second-order valence-electron chi connectivity index (χ2n) is 3.79. The van der Waals surface area contributed by atoms with E-state index in [0.29, 0.717) is 17.3 Å². The van der Waals surface area contributed by atoms with Crippen LogP contribution in [0.25, 0.3) is 0 Å². The molecule has 0 aromatic carbocycles. The first-order chi connectivity index (χ1) is 7.16. The van der Waals surface area contributed by atoms with Crippen molar-refractivity contribution in [2.75, 3.05) is 27.2 Å². The third-order valence-corrected chi connectivity index (χ3v) is 2.74. The molecule has 0 unspecified atom stereocenters. The summed E-state index contributed by atoms with van der Waals surface area (Å²) < 4.78 is 31.2. The van der Waals surface area contributed by atoms with Gasteiger partial charge in [-0.05, 0) is 34.0 Å². The smallest absolute Gasteiger partial charge is 0.309 e. The fourth-order valence-electron chi connectivity index (χ4n) is 1.07. The number of hydrogen-bond acceptors (Lipinski definition) is 4. The van der Waals surface area contributed by atoms with Gasteiger partial charge in [0.25, 0.3) is 5.91 Å². The molecule has 0 fully saturated rings. The predicted octanol–water partition coefficient (Wildman–Crippen LogP) is 0.146. The maximum absolute atomic E-state index is 11.4. The van der Waals surface area contributed by atoms with Gasteiger partial charge in [-0.3, -0.25) is 9.35 Å². The second kappa shape index (κ2) is 5.97. The van der Waals surface area contributed by atoms with Crippen molar-refractivity contribution in [2.45, 2.75) is 13.3 Å². The fourth-order valence-corrected chi connectivity index (χ4v) is 1.79. The molecule has 0 spiro atoms. The average molecular weight is 250 g/mol. The van der Waals surface area contributed by atoms with Gasteiger partial charge < -0.3 is 4.90 Å². The molecule has 0 aliphatic carbocycles. The molecule has 0 aliphatic rings. The molecule has 0 aromatic rings. The van der Waals surface area contributed by atoms with E-state index in [0.717, 1.165) is 0 Å². The van der Waals surface area contributed by atoms with Gasteiger partial charge in [-0.25, -0.2) is 4.31 Å². The minimum atomic E-state index is -4.50. The minimum Gasteiger partial charge on any atom is -0.309 e. The van der Waals surface area contributed by atoms with Crippen LogP contribution >= 0.6 is 0 Å². The van der Waals surface area contributed by atoms with Crippen molar-refractivity contribution in [3.63, 3.8) is 0 Å². The number of carbonyl (C=O) groups excluding carboxylic acids is 1. The summed E-state index contributed by atoms with van der Waals surface area (Å²) in [6.07, 6.45) is 0.450. The van der Waals surface area contributed by atoms with E-state index in [-0.39, 0.29) is 12.1 Å². The standard InChI is InChI=1S/C9H18N2O4S/c1-8(2)9(12)11(16(13,14)15)7-5-6-10(3)4/h1,5-7H2,2-4H3,(H,13,14,15). The molecular formula is C9H18N2O4S. The predicted molar refractivity (Wildman–Crippen MR) is 61.2 cm³/mol. The Kier molecular flexibility index (Phi) is 5.63. The molecule has 1 amide bonds. The zero-order valence-electron chi connectivity index (χ0n) is 9.80. The van der Waals surface area contributed by atoms with Gasteiger partial charge >= 0.3 is 10.3 Å². The Bertz CT molecular complexity index is 362. The van der Waals surface area contributed by atoms with Crippen LogP contribution < -0.4 is 0 Å². The molecule has 16 heavy (non-hydrogen) atoms. The van der Waals surface area contributed by atoms with Crippen LogP contribution in [0, 0.1) is 0 Å². The monoisotopic (exact) mass is 250 g/mol. The highest BCUT2D eigenvalue weighted by Gasteiger charge is 2.24. The van der Waals surface area contributed by atoms with E-state index >= 15 is 0 Å². The summed E-state index contributed by atoms with van der Waals surface area (Å²) in [7, 11) is -0.839. The van der Waals surface area contributed by atoms with Gasteiger partial charge in [0.05, 0.1) is 0 Å². The first kappa shape index (κ1) is 15.1. The maximum atomic E-state index is 11.4. The Labute approximate surface area is 96.4 Å². The highest BCUT2D eigenvalue weighted by atomic mass is 32.2. The molecular weight excluding hydrogens is 232 g/mol. The quantitative estimate of drug-likeness (QED) is 0.536. The van der Waals surface area contributed by atoms with Gasteiger partial charge in [0.1, 0.15) is 0 Å². The topological polar surface area (TPSA) is 77.9 Å². The van der Waals surface area contributed by atoms with E-state index < -0.39 is 16.2 Å². The van der Waals surface area contributed by atoms with Gasteiger partial charge in [0.2, 0.25) is 0 Å². The van der Waals surface area contributed by atoms with Crippen LogP contribution in [-0.2, 0) is 15.1 Å². The summed E-state index contributed by atoms with van der Waals surface area (Å²) in [5, 5.41) is 0. The number of carbonyl (C=O) groups is 1. The summed E-state index contributed by atoms with van der Waals surface area (Å²) in [6, 6.07) is 0. The molecule has 0 rings (SSSR count). The largest absolute Gasteiger partial charge is 0.362 e. The van der Waals surface area contributed by atoms with E-state index in [9.17, 15) is 13.2 Å². The fraction of sp³-hybridized carbons (Fsp3) is 0.667. The molecule has 0 radical (unpaired) electrons. The van der Waals surface area contributed by atoms with Gasteiger partial charge in [-0.1, -0.05) is 6.58 Å². The highest BCUT2D eigenvalue weighted by molar-refractivity contribution is 7.84. The molecule has 1 N–H and O–H groups in total. The van der Waals surface area contributed by atoms with Crippen LogP contribution in [-0.4, -0.2) is 55.3 Å². The first-order valence-corrected chi connectivity index (χ1v) is 6.15. The van der Waals surface area contributed by atoms with Crippen molar-refractivity contribution in [1.82, 2.24) is 9.21 Å². The Hall–Kier alpha value is -0.920. The molecule has 0 aliphatic heterocycles. The Morgan fingerprint density at radius 1 is 1.31 bits per heavy atom. The molecule has 0 atom stereocenters. The van der Waals surface area contributed by atoms with Crippen LogP contribution in [0.1, 0.15) is 13.3 Å². The number of hydrogen-bond donors (Lipinski definition) is 1. The van der Waals surface area contributed by atoms with Crippen LogP contribution in [0.15, 0.2) is 12.2 Å². The van der Waals surface area contributed by atoms with Crippen LogP contribution in [0.4, 0.5) is 0 Å². The van der Waals surface area contributed by atoms with Crippen molar-refractivity contribution in [2.24, 2.45) is 0 Å². The van der Waals surface area contributed by atoms with Crippen LogP contribution in [0.3, 0.4) is 0 Å². The normalized spacial score (nSPS) is 11.6. The summed E-state index contributed by atoms with van der Waals surface area (Å²) in [5.41, 5.74) is 0.0717. The highest BCUT2D eigenvalue weighted by Crippen LogP contribution is 2.05. The lowest BCUT2D eigenvalue weighted by Gasteiger charge is -2.19. The van der Waals surface area contributed by atoms with Crippen molar-refractivity contribution in [1.29, 1.82) is 0 Å². The Balaban J connectivity index is 4.60. The molecule has 7 heteroatoms. The van der Waals surface area contributed by atoms with Gasteiger partial charge in [-0.15, -0.1) is 0 Å². The summed E-state index contributed by atoms with van der Waals surface area (Å²) >= 11 is 0. The molecule has 0 bridgehead atoms. The third-order valence-electron chi connectivity index (χ3n) is 1.84. The summed E-state index contributed by atoms with van der Waals surface area (Å²) in [4.78, 5) is 13.3. The second-order valence-corrected chi connectivity index (χ2v) is 5.13. The van der Waals surface area contributed by atoms with E-state index in [1.165, 1.54) is 6.92 Å². The Morgan fingerprint density at radius 2 is 1.81 bits per heavy atom. The molecule has 0 saturated heterocycles. The van der Waals surface area contributed by atoms with Gasteiger partial charge in [0.15, 0.2) is 0 Å². The average Bonchev–Trinajstić information content (AvgIpc) is 2.08. The Morgan fingerprint density at radius 3 is 2.12 bits per heavy atom. The van der Waals surface area contributed by atoms with E-state index in [1.54, 1.807) is 0 Å². The molecule has 0 aromatic heterocycles. The molecule has 6 nitrogen and oxygen atoms in total. The number of amides is 1. The zero-order chi connectivity index (χ0) is 12.9. The summed E-state index contributed by atoms with van der Waals surface area (Å²) in [6.45, 7) is 5.32. The molecule has 0 saturated carbocycles. The van der Waals surface area contributed by atoms with Gasteiger partial charge in [0, 0.05) is 12.1 Å². The zero-order valence-corrected chi connectivity index (χ0v) is 10.6. The van der Waals surface area contributed by atoms with Crippen molar-refractivity contribution >= 4 is 16.2 Å². The van der Waals surface area contributed by atoms with Gasteiger partial charge in [-0.2, -0.15) is 8.42 Å². The van der Waals surface area contributed by atoms with E-state index in [2.05, 4.69) is 6.58 Å². The van der Waals surface area contributed by atoms with Crippen LogP contribution in [0.2, 0.25) is 0 Å². The molecule has 94 valence electrons. The SMILES string of the molecule is C=C(C)C(=O)N(CCCN(C)C)S(=O)(=O)O. The molecule has 0 heterocycles. The number of nitrogens with zero attached hydrogens (tertiary/aromatic N) is 2. The lowest BCUT2D eigenvalue weighted by molar-refractivity contribution is -0.122. The van der Waals surface area contributed by atoms with E-state index in [4.69, 9.17) is 4.55 Å². The van der Waals surface area contributed by atoms with Crippen molar-refractivity contribution in [3.8, 4) is 0 Å². The van der Waals surface area contributed by atoms with E-state index in [1.807, 2.05) is 19.0 Å². The lowest BCUT2D eigenvalue weighted by Crippen LogP contribution is -2.38. The first-order valence-electron chi connectivity index (χ1n) is 4.76. The number of rotatable bonds is 6. The lowest BCUT2D eigenvalue weighted by atomic mass is 10.3. The third kappa shape index (κ3) is 5.24. The maximum Gasteiger partial charge on any atom is 0.362 e. The van der Waals surface area contributed by atoms with Crippen LogP contribution in [0.5, 0.6) is 0 Å².